The molecule has 0 unspecified atom stereocenters. The van der Waals surface area contributed by atoms with E-state index in [1.54, 1.807) is 37.3 Å². The first kappa shape index (κ1) is 29.6. The molecule has 35 heavy (non-hydrogen) atoms. The van der Waals surface area contributed by atoms with Crippen LogP contribution in [0.1, 0.15) is 44.6 Å². The van der Waals surface area contributed by atoms with Crippen LogP contribution in [0.4, 0.5) is 0 Å². The lowest BCUT2D eigenvalue weighted by Gasteiger charge is -2.21. The highest BCUT2D eigenvalue weighted by Crippen LogP contribution is 2.12. The number of aliphatic hydroxyl groups excluding tert-OH is 1. The van der Waals surface area contributed by atoms with E-state index in [4.69, 9.17) is 14.6 Å². The maximum Gasteiger partial charge on any atom is 0.332 e. The number of esters is 2. The molecule has 0 spiro atoms. The molecule has 1 aromatic rings. The van der Waals surface area contributed by atoms with Crippen molar-refractivity contribution >= 4 is 23.8 Å². The summed E-state index contributed by atoms with van der Waals surface area (Å²) in [6.07, 6.45) is 4.54. The topological polar surface area (TPSA) is 131 Å². The minimum Gasteiger partial charge on any atom is -0.463 e. The van der Waals surface area contributed by atoms with Crippen molar-refractivity contribution < 1.29 is 33.8 Å². The fraction of sp³-hybridized carbons (Fsp3) is 0.462. The SMILES string of the molecule is C=CCCCC(=O)OC[C@@H](NC(=O)[C@H](CC=C)CC(=O)N[C@H](C)CO)C(=O)OCc1ccccc1. The summed E-state index contributed by atoms with van der Waals surface area (Å²) in [4.78, 5) is 49.9. The van der Waals surface area contributed by atoms with E-state index in [1.165, 1.54) is 6.08 Å². The van der Waals surface area contributed by atoms with Crippen molar-refractivity contribution in [3.05, 3.63) is 61.2 Å². The lowest BCUT2D eigenvalue weighted by molar-refractivity contribution is -0.155. The Morgan fingerprint density at radius 2 is 1.77 bits per heavy atom. The summed E-state index contributed by atoms with van der Waals surface area (Å²) >= 11 is 0. The molecule has 3 N–H and O–H groups in total. The van der Waals surface area contributed by atoms with E-state index in [0.29, 0.717) is 12.8 Å². The molecule has 0 aliphatic heterocycles. The quantitative estimate of drug-likeness (QED) is 0.174. The van der Waals surface area contributed by atoms with Crippen LogP contribution in [0.2, 0.25) is 0 Å². The number of carbonyl (C=O) groups excluding carboxylic acids is 4. The molecule has 0 saturated heterocycles. The molecule has 0 aliphatic carbocycles. The van der Waals surface area contributed by atoms with Crippen LogP contribution >= 0.6 is 0 Å². The predicted molar refractivity (Wildman–Crippen MR) is 131 cm³/mol. The Labute approximate surface area is 206 Å². The van der Waals surface area contributed by atoms with Crippen LogP contribution in [0.5, 0.6) is 0 Å². The minimum absolute atomic E-state index is 0.0170. The number of carbonyl (C=O) groups is 4. The van der Waals surface area contributed by atoms with Crippen molar-refractivity contribution in [1.82, 2.24) is 10.6 Å². The van der Waals surface area contributed by atoms with Crippen molar-refractivity contribution in [2.75, 3.05) is 13.2 Å². The average Bonchev–Trinajstić information content (AvgIpc) is 2.85. The van der Waals surface area contributed by atoms with Gasteiger partial charge in [-0.2, -0.15) is 0 Å². The van der Waals surface area contributed by atoms with Gasteiger partial charge in [-0.25, -0.2) is 4.79 Å². The molecule has 0 aromatic heterocycles. The van der Waals surface area contributed by atoms with Crippen molar-refractivity contribution in [3.8, 4) is 0 Å². The highest BCUT2D eigenvalue weighted by atomic mass is 16.6. The number of hydrogen-bond donors (Lipinski definition) is 3. The molecule has 0 heterocycles. The Kier molecular flexibility index (Phi) is 14.4. The Morgan fingerprint density at radius 1 is 1.06 bits per heavy atom. The Hall–Kier alpha value is -3.46. The Morgan fingerprint density at radius 3 is 2.40 bits per heavy atom. The van der Waals surface area contributed by atoms with Gasteiger partial charge >= 0.3 is 11.9 Å². The van der Waals surface area contributed by atoms with Gasteiger partial charge < -0.3 is 25.2 Å². The summed E-state index contributed by atoms with van der Waals surface area (Å²) in [5.41, 5.74) is 0.756. The van der Waals surface area contributed by atoms with E-state index in [0.717, 1.165) is 5.56 Å². The standard InChI is InChI=1S/C26H36N2O7/c1-4-6-8-14-24(31)34-18-22(26(33)35-17-20-12-9-7-10-13-20)28-25(32)21(11-5-2)15-23(30)27-19(3)16-29/h4-5,7,9-10,12-13,19,21-22,29H,1-2,6,8,11,14-18H2,3H3,(H,27,30)(H,28,32)/t19-,21-,22-/m1/s1. The molecule has 0 radical (unpaired) electrons. The molecule has 0 bridgehead atoms. The Balaban J connectivity index is 2.84. The molecule has 9 nitrogen and oxygen atoms in total. The fourth-order valence-corrected chi connectivity index (χ4v) is 3.01. The molecule has 3 atom stereocenters. The van der Waals surface area contributed by atoms with Gasteiger partial charge in [0.05, 0.1) is 12.5 Å². The van der Waals surface area contributed by atoms with Gasteiger partial charge in [0.25, 0.3) is 0 Å². The number of allylic oxidation sites excluding steroid dienone is 2. The molecule has 0 aliphatic rings. The molecule has 1 rings (SSSR count). The lowest BCUT2D eigenvalue weighted by Crippen LogP contribution is -2.48. The largest absolute Gasteiger partial charge is 0.463 e. The smallest absolute Gasteiger partial charge is 0.332 e. The predicted octanol–water partition coefficient (Wildman–Crippen LogP) is 2.19. The number of amides is 2. The molecule has 192 valence electrons. The van der Waals surface area contributed by atoms with Crippen LogP contribution in [-0.2, 0) is 35.3 Å². The third kappa shape index (κ3) is 12.5. The summed E-state index contributed by atoms with van der Waals surface area (Å²) in [6.45, 7) is 8.19. The summed E-state index contributed by atoms with van der Waals surface area (Å²) in [6, 6.07) is 7.29. The number of ether oxygens (including phenoxy) is 2. The van der Waals surface area contributed by atoms with Crippen LogP contribution in [-0.4, -0.2) is 54.2 Å². The maximum absolute atomic E-state index is 12.9. The zero-order valence-corrected chi connectivity index (χ0v) is 20.2. The lowest BCUT2D eigenvalue weighted by atomic mass is 9.99. The van der Waals surface area contributed by atoms with Gasteiger partial charge in [0.15, 0.2) is 6.04 Å². The van der Waals surface area contributed by atoms with Crippen molar-refractivity contribution in [2.24, 2.45) is 5.92 Å². The number of rotatable bonds is 17. The van der Waals surface area contributed by atoms with Gasteiger partial charge in [0.1, 0.15) is 13.2 Å². The average molecular weight is 489 g/mol. The number of unbranched alkanes of at least 4 members (excludes halogenated alkanes) is 1. The highest BCUT2D eigenvalue weighted by molar-refractivity contribution is 5.89. The second-order valence-corrected chi connectivity index (χ2v) is 8.09. The van der Waals surface area contributed by atoms with Crippen LogP contribution < -0.4 is 10.6 Å². The van der Waals surface area contributed by atoms with Crippen LogP contribution in [0.3, 0.4) is 0 Å². The number of aliphatic hydroxyl groups is 1. The Bertz CT molecular complexity index is 841. The third-order valence-electron chi connectivity index (χ3n) is 4.96. The second-order valence-electron chi connectivity index (χ2n) is 8.09. The molecular formula is C26H36N2O7. The van der Waals surface area contributed by atoms with E-state index in [-0.39, 0.29) is 32.5 Å². The van der Waals surface area contributed by atoms with Crippen LogP contribution in [0.25, 0.3) is 0 Å². The van der Waals surface area contributed by atoms with Crippen LogP contribution in [0.15, 0.2) is 55.6 Å². The van der Waals surface area contributed by atoms with Gasteiger partial charge in [-0.1, -0.05) is 42.5 Å². The molecule has 0 fully saturated rings. The molecular weight excluding hydrogens is 452 g/mol. The zero-order valence-electron chi connectivity index (χ0n) is 20.2. The van der Waals surface area contributed by atoms with Gasteiger partial charge in [-0.15, -0.1) is 13.2 Å². The number of benzene rings is 1. The maximum atomic E-state index is 12.9. The van der Waals surface area contributed by atoms with Gasteiger partial charge in [0, 0.05) is 18.9 Å². The summed E-state index contributed by atoms with van der Waals surface area (Å²) in [7, 11) is 0. The van der Waals surface area contributed by atoms with Crippen molar-refractivity contribution in [2.45, 2.75) is 57.7 Å². The number of nitrogens with one attached hydrogen (secondary N) is 2. The van der Waals surface area contributed by atoms with Crippen molar-refractivity contribution in [1.29, 1.82) is 0 Å². The molecule has 2 amide bonds. The van der Waals surface area contributed by atoms with E-state index in [9.17, 15) is 19.2 Å². The fourth-order valence-electron chi connectivity index (χ4n) is 3.01. The van der Waals surface area contributed by atoms with Crippen molar-refractivity contribution in [3.63, 3.8) is 0 Å². The van der Waals surface area contributed by atoms with Gasteiger partial charge in [-0.3, -0.25) is 14.4 Å². The second kappa shape index (κ2) is 17.0. The first-order valence-electron chi connectivity index (χ1n) is 11.6. The van der Waals surface area contributed by atoms with E-state index >= 15 is 0 Å². The molecule has 1 aromatic carbocycles. The summed E-state index contributed by atoms with van der Waals surface area (Å²) < 4.78 is 10.5. The zero-order chi connectivity index (χ0) is 26.1. The van der Waals surface area contributed by atoms with Gasteiger partial charge in [0.2, 0.25) is 11.8 Å². The summed E-state index contributed by atoms with van der Waals surface area (Å²) in [5, 5.41) is 14.2. The van der Waals surface area contributed by atoms with Gasteiger partial charge in [-0.05, 0) is 31.7 Å². The normalized spacial score (nSPS) is 13.0. The first-order valence-corrected chi connectivity index (χ1v) is 11.6. The molecule has 0 saturated carbocycles. The van der Waals surface area contributed by atoms with Crippen LogP contribution in [0, 0.1) is 5.92 Å². The van der Waals surface area contributed by atoms with E-state index < -0.39 is 48.4 Å². The molecule has 9 heteroatoms. The minimum atomic E-state index is -1.25. The monoisotopic (exact) mass is 488 g/mol. The summed E-state index contributed by atoms with van der Waals surface area (Å²) in [5.74, 6) is -3.10. The third-order valence-corrected chi connectivity index (χ3v) is 4.96. The van der Waals surface area contributed by atoms with E-state index in [1.807, 2.05) is 6.07 Å². The van der Waals surface area contributed by atoms with E-state index in [2.05, 4.69) is 23.8 Å². The first-order chi connectivity index (χ1) is 16.8. The highest BCUT2D eigenvalue weighted by Gasteiger charge is 2.29. The number of hydrogen-bond acceptors (Lipinski definition) is 7.